The zero-order valence-corrected chi connectivity index (χ0v) is 12.6. The van der Waals surface area contributed by atoms with Gasteiger partial charge in [-0.05, 0) is 31.0 Å². The number of aliphatic imine (C=N–C) groups is 1. The van der Waals surface area contributed by atoms with Crippen LogP contribution in [-0.2, 0) is 6.42 Å². The molecule has 5 nitrogen and oxygen atoms in total. The van der Waals surface area contributed by atoms with Gasteiger partial charge in [0.1, 0.15) is 5.69 Å². The Bertz CT molecular complexity index is 556. The highest BCUT2D eigenvalue weighted by Gasteiger charge is 2.41. The van der Waals surface area contributed by atoms with Crippen LogP contribution < -0.4 is 16.8 Å². The molecule has 0 amide bonds. The Morgan fingerprint density at radius 1 is 1.25 bits per heavy atom. The summed E-state index contributed by atoms with van der Waals surface area (Å²) in [7, 11) is 0. The average molecular weight is 274 g/mol. The van der Waals surface area contributed by atoms with Crippen LogP contribution in [0.2, 0.25) is 0 Å². The molecule has 0 fully saturated rings. The summed E-state index contributed by atoms with van der Waals surface area (Å²) in [5, 5.41) is 2.91. The molecule has 2 rings (SSSR count). The second kappa shape index (κ2) is 5.15. The first-order valence-electron chi connectivity index (χ1n) is 7.02. The molecule has 0 bridgehead atoms. The monoisotopic (exact) mass is 274 g/mol. The molecule has 0 saturated heterocycles. The lowest BCUT2D eigenvalue weighted by Crippen LogP contribution is -2.58. The predicted octanol–water partition coefficient (Wildman–Crippen LogP) is 1.50. The van der Waals surface area contributed by atoms with E-state index in [4.69, 9.17) is 11.5 Å². The second-order valence-electron chi connectivity index (χ2n) is 5.61. The molecule has 5 heteroatoms. The van der Waals surface area contributed by atoms with Crippen molar-refractivity contribution in [3.8, 4) is 0 Å². The number of nitrogens with one attached hydrogen (secondary N) is 1. The normalized spacial score (nSPS) is 22.8. The van der Waals surface area contributed by atoms with Gasteiger partial charge in [-0.25, -0.2) is 9.89 Å². The van der Waals surface area contributed by atoms with E-state index in [0.717, 1.165) is 12.1 Å². The van der Waals surface area contributed by atoms with Gasteiger partial charge in [-0.1, -0.05) is 32.9 Å². The van der Waals surface area contributed by atoms with Gasteiger partial charge in [-0.3, -0.25) is 5.73 Å². The Morgan fingerprint density at radius 2 is 1.85 bits per heavy atom. The van der Waals surface area contributed by atoms with Gasteiger partial charge in [0.25, 0.3) is 5.96 Å². The highest BCUT2D eigenvalue weighted by atomic mass is 15.4. The lowest BCUT2D eigenvalue weighted by Gasteiger charge is -2.34. The highest BCUT2D eigenvalue weighted by molar-refractivity contribution is 5.96. The maximum Gasteiger partial charge on any atom is 0.357 e. The molecule has 0 saturated carbocycles. The fourth-order valence-electron chi connectivity index (χ4n) is 2.42. The van der Waals surface area contributed by atoms with Gasteiger partial charge in [-0.15, -0.1) is 0 Å². The maximum absolute atomic E-state index is 6.16. The van der Waals surface area contributed by atoms with Crippen molar-refractivity contribution >= 4 is 17.6 Å². The van der Waals surface area contributed by atoms with Gasteiger partial charge in [0.15, 0.2) is 5.66 Å². The lowest BCUT2D eigenvalue weighted by molar-refractivity contribution is -0.542. The number of rotatable bonds is 3. The fraction of sp³-hybridized carbons (Fsp3) is 0.467. The Labute approximate surface area is 120 Å². The molecule has 1 aromatic carbocycles. The van der Waals surface area contributed by atoms with Gasteiger partial charge >= 0.3 is 5.96 Å². The topological polar surface area (TPSA) is 79.4 Å². The minimum atomic E-state index is -0.493. The SMILES string of the molecule is CCc1ccc([N+]2=C(N)NC(N)=NC2(C)C(C)C)cc1. The molecule has 1 aliphatic rings. The van der Waals surface area contributed by atoms with Crippen LogP contribution in [0.25, 0.3) is 0 Å². The number of benzene rings is 1. The smallest absolute Gasteiger partial charge is 0.357 e. The first-order chi connectivity index (χ1) is 9.38. The number of nitrogens with two attached hydrogens (primary N) is 2. The summed E-state index contributed by atoms with van der Waals surface area (Å²) in [5.41, 5.74) is 13.8. The third kappa shape index (κ3) is 2.35. The van der Waals surface area contributed by atoms with E-state index in [9.17, 15) is 0 Å². The summed E-state index contributed by atoms with van der Waals surface area (Å²) in [6, 6.07) is 8.38. The highest BCUT2D eigenvalue weighted by Crippen LogP contribution is 2.30. The van der Waals surface area contributed by atoms with Gasteiger partial charge < -0.3 is 5.73 Å². The van der Waals surface area contributed by atoms with Crippen molar-refractivity contribution in [3.63, 3.8) is 0 Å². The van der Waals surface area contributed by atoms with Crippen molar-refractivity contribution in [3.05, 3.63) is 29.8 Å². The van der Waals surface area contributed by atoms with E-state index in [0.29, 0.717) is 11.9 Å². The van der Waals surface area contributed by atoms with Gasteiger partial charge in [0, 0.05) is 5.92 Å². The quantitative estimate of drug-likeness (QED) is 0.731. The minimum absolute atomic E-state index is 0.257. The van der Waals surface area contributed by atoms with E-state index in [2.05, 4.69) is 55.3 Å². The van der Waals surface area contributed by atoms with Crippen molar-refractivity contribution in [1.82, 2.24) is 5.32 Å². The van der Waals surface area contributed by atoms with E-state index in [-0.39, 0.29) is 5.92 Å². The summed E-state index contributed by atoms with van der Waals surface area (Å²) in [5.74, 6) is 1.13. The van der Waals surface area contributed by atoms with E-state index in [1.165, 1.54) is 5.56 Å². The number of nitrogens with zero attached hydrogens (tertiary/aromatic N) is 2. The van der Waals surface area contributed by atoms with E-state index in [1.54, 1.807) is 0 Å². The number of hydrogen-bond donors (Lipinski definition) is 3. The first kappa shape index (κ1) is 14.4. The third-order valence-corrected chi connectivity index (χ3v) is 3.99. The van der Waals surface area contributed by atoms with Gasteiger partial charge in [0.05, 0.1) is 0 Å². The average Bonchev–Trinajstić information content (AvgIpc) is 2.38. The van der Waals surface area contributed by atoms with Crippen molar-refractivity contribution in [2.45, 2.75) is 39.8 Å². The Balaban J connectivity index is 2.53. The lowest BCUT2D eigenvalue weighted by atomic mass is 9.96. The minimum Gasteiger partial charge on any atom is -0.357 e. The molecule has 0 spiro atoms. The fourth-order valence-corrected chi connectivity index (χ4v) is 2.42. The van der Waals surface area contributed by atoms with E-state index >= 15 is 0 Å². The molecule has 1 aromatic rings. The standard InChI is InChI=1S/C15H23N5/c1-5-11-6-8-12(9-7-11)20-14(17)18-13(16)19-15(20,4)10(2)3/h6-10H,5H2,1-4H3,(H4,16,17,18,19)/p+1. The number of aryl methyl sites for hydroxylation is 1. The largest absolute Gasteiger partial charge is 0.357 e. The zero-order chi connectivity index (χ0) is 14.9. The molecule has 0 radical (unpaired) electrons. The Hall–Kier alpha value is -2.04. The van der Waals surface area contributed by atoms with Crippen molar-refractivity contribution in [2.75, 3.05) is 0 Å². The van der Waals surface area contributed by atoms with Crippen LogP contribution in [0.1, 0.15) is 33.3 Å². The molecule has 1 unspecified atom stereocenters. The molecule has 0 aliphatic carbocycles. The van der Waals surface area contributed by atoms with Crippen LogP contribution in [0.5, 0.6) is 0 Å². The predicted molar refractivity (Wildman–Crippen MR) is 82.9 cm³/mol. The van der Waals surface area contributed by atoms with Crippen molar-refractivity contribution < 1.29 is 4.58 Å². The molecular formula is C15H24N5+. The van der Waals surface area contributed by atoms with Crippen LogP contribution >= 0.6 is 0 Å². The summed E-state index contributed by atoms with van der Waals surface area (Å²) >= 11 is 0. The van der Waals surface area contributed by atoms with Crippen LogP contribution in [0, 0.1) is 5.92 Å². The molecule has 5 N–H and O–H groups in total. The summed E-state index contributed by atoms with van der Waals surface area (Å²) in [6.07, 6.45) is 1.02. The van der Waals surface area contributed by atoms with Crippen LogP contribution in [0.15, 0.2) is 29.3 Å². The molecule has 0 aromatic heterocycles. The van der Waals surface area contributed by atoms with Crippen molar-refractivity contribution in [1.29, 1.82) is 0 Å². The Morgan fingerprint density at radius 3 is 2.35 bits per heavy atom. The number of hydrogen-bond acceptors (Lipinski definition) is 4. The molecular weight excluding hydrogens is 250 g/mol. The zero-order valence-electron chi connectivity index (χ0n) is 12.6. The second-order valence-corrected chi connectivity index (χ2v) is 5.61. The molecule has 1 heterocycles. The van der Waals surface area contributed by atoms with Crippen LogP contribution in [-0.4, -0.2) is 22.2 Å². The summed E-state index contributed by atoms with van der Waals surface area (Å²) in [4.78, 5) is 4.57. The van der Waals surface area contributed by atoms with E-state index in [1.807, 2.05) is 11.5 Å². The van der Waals surface area contributed by atoms with Gasteiger partial charge in [0.2, 0.25) is 0 Å². The number of guanidine groups is 2. The summed E-state index contributed by atoms with van der Waals surface area (Å²) in [6.45, 7) is 8.42. The first-order valence-corrected chi connectivity index (χ1v) is 7.02. The molecule has 20 heavy (non-hydrogen) atoms. The molecule has 1 atom stereocenters. The van der Waals surface area contributed by atoms with Crippen molar-refractivity contribution in [2.24, 2.45) is 22.4 Å². The third-order valence-electron chi connectivity index (χ3n) is 3.99. The van der Waals surface area contributed by atoms with Crippen LogP contribution in [0.4, 0.5) is 5.69 Å². The van der Waals surface area contributed by atoms with Gasteiger partial charge in [-0.2, -0.15) is 4.99 Å². The molecule has 108 valence electrons. The van der Waals surface area contributed by atoms with E-state index < -0.39 is 5.66 Å². The Kier molecular flexibility index (Phi) is 3.70. The van der Waals surface area contributed by atoms with Crippen LogP contribution in [0.3, 0.4) is 0 Å². The molecule has 1 aliphatic heterocycles. The summed E-state index contributed by atoms with van der Waals surface area (Å²) < 4.78 is 2.01. The maximum atomic E-state index is 6.16.